The van der Waals surface area contributed by atoms with E-state index in [0.29, 0.717) is 0 Å². The SMILES string of the molecule is CCc1cc(Br)cc(Cl)c1[O]. The summed E-state index contributed by atoms with van der Waals surface area (Å²) in [6.45, 7) is 1.93. The molecule has 0 unspecified atom stereocenters. The molecule has 3 heteroatoms. The predicted molar refractivity (Wildman–Crippen MR) is 48.7 cm³/mol. The first-order chi connectivity index (χ1) is 5.15. The van der Waals surface area contributed by atoms with E-state index in [-0.39, 0.29) is 10.8 Å². The molecule has 0 fully saturated rings. The molecule has 0 saturated heterocycles. The lowest BCUT2D eigenvalue weighted by molar-refractivity contribution is 0.350. The van der Waals surface area contributed by atoms with Crippen LogP contribution in [-0.4, -0.2) is 0 Å². The van der Waals surface area contributed by atoms with Crippen molar-refractivity contribution in [1.29, 1.82) is 0 Å². The second-order valence-corrected chi connectivity index (χ2v) is 3.55. The van der Waals surface area contributed by atoms with E-state index in [1.54, 1.807) is 12.1 Å². The molecule has 59 valence electrons. The Morgan fingerprint density at radius 1 is 1.55 bits per heavy atom. The Balaban J connectivity index is 3.24. The molecule has 0 atom stereocenters. The first-order valence-electron chi connectivity index (χ1n) is 3.30. The van der Waals surface area contributed by atoms with Gasteiger partial charge in [0.2, 0.25) is 0 Å². The summed E-state index contributed by atoms with van der Waals surface area (Å²) in [5, 5.41) is 11.5. The largest absolute Gasteiger partial charge is 0.288 e. The van der Waals surface area contributed by atoms with Crippen LogP contribution >= 0.6 is 27.5 Å². The van der Waals surface area contributed by atoms with Crippen LogP contribution in [0.5, 0.6) is 5.75 Å². The van der Waals surface area contributed by atoms with Crippen molar-refractivity contribution in [1.82, 2.24) is 0 Å². The number of aryl methyl sites for hydroxylation is 1. The molecule has 0 aromatic heterocycles. The monoisotopic (exact) mass is 233 g/mol. The molecule has 0 heterocycles. The minimum Gasteiger partial charge on any atom is -0.288 e. The van der Waals surface area contributed by atoms with Gasteiger partial charge in [-0.05, 0) is 18.6 Å². The molecule has 0 spiro atoms. The summed E-state index contributed by atoms with van der Waals surface area (Å²) in [5.41, 5.74) is 0.754. The van der Waals surface area contributed by atoms with Gasteiger partial charge in [-0.15, -0.1) is 0 Å². The van der Waals surface area contributed by atoms with Crippen LogP contribution in [0.2, 0.25) is 5.02 Å². The third-order valence-electron chi connectivity index (χ3n) is 1.47. The van der Waals surface area contributed by atoms with Crippen molar-refractivity contribution in [2.45, 2.75) is 13.3 Å². The van der Waals surface area contributed by atoms with Gasteiger partial charge < -0.3 is 0 Å². The zero-order valence-electron chi connectivity index (χ0n) is 6.03. The Labute approximate surface area is 79.1 Å². The summed E-state index contributed by atoms with van der Waals surface area (Å²) in [6, 6.07) is 3.41. The molecule has 0 aliphatic rings. The Hall–Kier alpha value is -0.210. The van der Waals surface area contributed by atoms with E-state index in [2.05, 4.69) is 15.9 Å². The quantitative estimate of drug-likeness (QED) is 0.704. The molecule has 0 bridgehead atoms. The topological polar surface area (TPSA) is 19.9 Å². The van der Waals surface area contributed by atoms with Crippen molar-refractivity contribution in [2.75, 3.05) is 0 Å². The molecule has 0 N–H and O–H groups in total. The highest BCUT2D eigenvalue weighted by atomic mass is 79.9. The molecule has 1 radical (unpaired) electrons. The third kappa shape index (κ3) is 1.88. The number of benzene rings is 1. The average Bonchev–Trinajstić information content (AvgIpc) is 1.96. The number of hydrogen-bond donors (Lipinski definition) is 0. The fourth-order valence-electron chi connectivity index (χ4n) is 0.876. The van der Waals surface area contributed by atoms with Crippen molar-refractivity contribution >= 4 is 27.5 Å². The highest BCUT2D eigenvalue weighted by Crippen LogP contribution is 2.31. The third-order valence-corrected chi connectivity index (χ3v) is 2.20. The summed E-state index contributed by atoms with van der Waals surface area (Å²) in [4.78, 5) is 0. The van der Waals surface area contributed by atoms with Crippen LogP contribution < -0.4 is 0 Å². The molecule has 0 aliphatic heterocycles. The molecule has 0 saturated carbocycles. The second-order valence-electron chi connectivity index (χ2n) is 2.23. The van der Waals surface area contributed by atoms with Gasteiger partial charge in [-0.25, -0.2) is 0 Å². The van der Waals surface area contributed by atoms with Gasteiger partial charge in [-0.1, -0.05) is 34.5 Å². The minimum atomic E-state index is -0.0580. The molecule has 0 amide bonds. The summed E-state index contributed by atoms with van der Waals surface area (Å²) in [7, 11) is 0. The van der Waals surface area contributed by atoms with Gasteiger partial charge >= 0.3 is 0 Å². The predicted octanol–water partition coefficient (Wildman–Crippen LogP) is 3.81. The summed E-state index contributed by atoms with van der Waals surface area (Å²) < 4.78 is 0.860. The van der Waals surface area contributed by atoms with E-state index in [1.807, 2.05) is 6.92 Å². The maximum Gasteiger partial charge on any atom is 0.200 e. The minimum absolute atomic E-state index is 0.0580. The zero-order valence-corrected chi connectivity index (χ0v) is 8.37. The van der Waals surface area contributed by atoms with Crippen molar-refractivity contribution in [3.63, 3.8) is 0 Å². The van der Waals surface area contributed by atoms with Gasteiger partial charge in [0.15, 0.2) is 5.75 Å². The van der Waals surface area contributed by atoms with Crippen molar-refractivity contribution < 1.29 is 5.11 Å². The Kier molecular flexibility index (Phi) is 2.79. The summed E-state index contributed by atoms with van der Waals surface area (Å²) in [6.07, 6.45) is 0.720. The highest BCUT2D eigenvalue weighted by Gasteiger charge is 2.06. The second kappa shape index (κ2) is 3.46. The van der Waals surface area contributed by atoms with E-state index < -0.39 is 0 Å². The molecule has 1 rings (SSSR count). The van der Waals surface area contributed by atoms with E-state index in [4.69, 9.17) is 11.6 Å². The van der Waals surface area contributed by atoms with Crippen LogP contribution in [0.3, 0.4) is 0 Å². The van der Waals surface area contributed by atoms with Crippen LogP contribution in [0.15, 0.2) is 16.6 Å². The zero-order chi connectivity index (χ0) is 8.43. The first-order valence-corrected chi connectivity index (χ1v) is 4.47. The highest BCUT2D eigenvalue weighted by molar-refractivity contribution is 9.10. The fourth-order valence-corrected chi connectivity index (χ4v) is 1.75. The van der Waals surface area contributed by atoms with E-state index in [0.717, 1.165) is 16.5 Å². The van der Waals surface area contributed by atoms with Crippen molar-refractivity contribution in [3.05, 3.63) is 27.2 Å². The average molecular weight is 234 g/mol. The normalized spacial score (nSPS) is 10.1. The Morgan fingerprint density at radius 3 is 2.73 bits per heavy atom. The lowest BCUT2D eigenvalue weighted by Gasteiger charge is -2.00. The maximum absolute atomic E-state index is 11.2. The molecule has 11 heavy (non-hydrogen) atoms. The van der Waals surface area contributed by atoms with E-state index >= 15 is 0 Å². The van der Waals surface area contributed by atoms with Crippen molar-refractivity contribution in [3.8, 4) is 5.75 Å². The molecule has 0 aliphatic carbocycles. The van der Waals surface area contributed by atoms with Crippen LogP contribution in [0.25, 0.3) is 0 Å². The maximum atomic E-state index is 11.2. The summed E-state index contributed by atoms with van der Waals surface area (Å²) in [5.74, 6) is -0.0580. The smallest absolute Gasteiger partial charge is 0.200 e. The molecule has 1 aromatic carbocycles. The standard InChI is InChI=1S/C8H7BrClO/c1-2-5-3-6(9)4-7(10)8(5)11/h3-4H,2H2,1H3. The van der Waals surface area contributed by atoms with Gasteiger partial charge in [0.25, 0.3) is 0 Å². The van der Waals surface area contributed by atoms with Gasteiger partial charge in [-0.2, -0.15) is 0 Å². The first kappa shape index (κ1) is 8.88. The lowest BCUT2D eigenvalue weighted by atomic mass is 10.1. The van der Waals surface area contributed by atoms with E-state index in [1.165, 1.54) is 0 Å². The van der Waals surface area contributed by atoms with Gasteiger partial charge in [0.1, 0.15) is 0 Å². The molecular formula is C8H7BrClO. The fraction of sp³-hybridized carbons (Fsp3) is 0.250. The van der Waals surface area contributed by atoms with Crippen LogP contribution in [0.4, 0.5) is 0 Å². The van der Waals surface area contributed by atoms with Crippen LogP contribution in [0, 0.1) is 0 Å². The van der Waals surface area contributed by atoms with Crippen molar-refractivity contribution in [2.24, 2.45) is 0 Å². The lowest BCUT2D eigenvalue weighted by Crippen LogP contribution is -1.81. The van der Waals surface area contributed by atoms with Gasteiger partial charge in [-0.3, -0.25) is 5.11 Å². The number of rotatable bonds is 1. The van der Waals surface area contributed by atoms with Gasteiger partial charge in [0.05, 0.1) is 5.02 Å². The Morgan fingerprint density at radius 2 is 2.18 bits per heavy atom. The molecular weight excluding hydrogens is 227 g/mol. The Bertz CT molecular complexity index is 273. The van der Waals surface area contributed by atoms with E-state index in [9.17, 15) is 5.11 Å². The number of hydrogen-bond acceptors (Lipinski definition) is 0. The molecule has 1 nitrogen and oxygen atoms in total. The number of halogens is 2. The summed E-state index contributed by atoms with van der Waals surface area (Å²) >= 11 is 8.92. The van der Waals surface area contributed by atoms with Crippen LogP contribution in [0.1, 0.15) is 12.5 Å². The molecule has 1 aromatic rings. The van der Waals surface area contributed by atoms with Gasteiger partial charge in [0, 0.05) is 10.0 Å². The van der Waals surface area contributed by atoms with Crippen LogP contribution in [-0.2, 0) is 11.5 Å².